The van der Waals surface area contributed by atoms with E-state index in [4.69, 9.17) is 11.6 Å². The Labute approximate surface area is 157 Å². The number of aromatic nitrogens is 3. The second-order valence-electron chi connectivity index (χ2n) is 5.48. The van der Waals surface area contributed by atoms with Gasteiger partial charge in [-0.05, 0) is 41.4 Å². The summed E-state index contributed by atoms with van der Waals surface area (Å²) in [7, 11) is 0. The summed E-state index contributed by atoms with van der Waals surface area (Å²) in [4.78, 5) is 33.2. The van der Waals surface area contributed by atoms with Crippen LogP contribution in [-0.2, 0) is 6.54 Å². The van der Waals surface area contributed by atoms with Crippen LogP contribution in [0.25, 0.3) is 0 Å². The maximum atomic E-state index is 11.7. The number of anilines is 3. The van der Waals surface area contributed by atoms with E-state index >= 15 is 0 Å². The van der Waals surface area contributed by atoms with Crippen molar-refractivity contribution < 1.29 is 15.0 Å². The molecule has 0 aliphatic rings. The van der Waals surface area contributed by atoms with Gasteiger partial charge in [-0.1, -0.05) is 12.1 Å². The Balaban J connectivity index is 1.75. The molecule has 27 heavy (non-hydrogen) atoms. The van der Waals surface area contributed by atoms with Gasteiger partial charge >= 0.3 is 5.69 Å². The number of hydrogen-bond donors (Lipinski definition) is 5. The Hall–Kier alpha value is -3.59. The van der Waals surface area contributed by atoms with E-state index < -0.39 is 10.9 Å². The molecule has 0 radical (unpaired) electrons. The SMILES string of the molecule is O=C(Cl)c1ccc(Nc2nc(NCc3ccc(O)cc3)nc(=O)[nH]2)cc1O. The minimum absolute atomic E-state index is 0.0327. The Morgan fingerprint density at radius 3 is 2.52 bits per heavy atom. The van der Waals surface area contributed by atoms with E-state index in [-0.39, 0.29) is 29.0 Å². The largest absolute Gasteiger partial charge is 0.508 e. The van der Waals surface area contributed by atoms with Gasteiger partial charge in [0.05, 0.1) is 5.56 Å². The number of nitrogens with zero attached hydrogens (tertiary/aromatic N) is 2. The van der Waals surface area contributed by atoms with E-state index in [2.05, 4.69) is 25.6 Å². The molecule has 0 aliphatic heterocycles. The van der Waals surface area contributed by atoms with Crippen LogP contribution in [0.15, 0.2) is 47.3 Å². The van der Waals surface area contributed by atoms with Crippen molar-refractivity contribution in [2.75, 3.05) is 10.6 Å². The zero-order valence-electron chi connectivity index (χ0n) is 13.7. The lowest BCUT2D eigenvalue weighted by atomic mass is 10.2. The molecule has 3 rings (SSSR count). The highest BCUT2D eigenvalue weighted by atomic mass is 35.5. The van der Waals surface area contributed by atoms with Crippen LogP contribution in [0.1, 0.15) is 15.9 Å². The summed E-state index contributed by atoms with van der Waals surface area (Å²) in [5.74, 6) is 0.0310. The van der Waals surface area contributed by atoms with Crippen LogP contribution in [0.3, 0.4) is 0 Å². The molecule has 1 aromatic heterocycles. The van der Waals surface area contributed by atoms with Crippen molar-refractivity contribution in [3.8, 4) is 11.5 Å². The smallest absolute Gasteiger partial charge is 0.351 e. The number of aromatic hydroxyl groups is 2. The first kappa shape index (κ1) is 18.2. The van der Waals surface area contributed by atoms with Gasteiger partial charge < -0.3 is 20.8 Å². The highest BCUT2D eigenvalue weighted by Crippen LogP contribution is 2.24. The summed E-state index contributed by atoms with van der Waals surface area (Å²) in [5.41, 5.74) is 0.581. The van der Waals surface area contributed by atoms with E-state index in [1.54, 1.807) is 24.3 Å². The van der Waals surface area contributed by atoms with Crippen molar-refractivity contribution in [1.29, 1.82) is 0 Å². The number of aromatic amines is 1. The maximum absolute atomic E-state index is 11.7. The highest BCUT2D eigenvalue weighted by Gasteiger charge is 2.10. The minimum Gasteiger partial charge on any atom is -0.508 e. The zero-order chi connectivity index (χ0) is 19.4. The molecule has 10 heteroatoms. The molecule has 0 unspecified atom stereocenters. The number of carbonyl (C=O) groups excluding carboxylic acids is 1. The van der Waals surface area contributed by atoms with Crippen LogP contribution in [0.2, 0.25) is 0 Å². The molecule has 0 aliphatic carbocycles. The van der Waals surface area contributed by atoms with E-state index in [0.717, 1.165) is 5.56 Å². The van der Waals surface area contributed by atoms with Crippen LogP contribution >= 0.6 is 11.6 Å². The fourth-order valence-corrected chi connectivity index (χ4v) is 2.39. The molecule has 138 valence electrons. The number of rotatable bonds is 6. The summed E-state index contributed by atoms with van der Waals surface area (Å²) in [6.07, 6.45) is 0. The Kier molecular flexibility index (Phi) is 5.23. The van der Waals surface area contributed by atoms with E-state index in [9.17, 15) is 19.8 Å². The number of halogens is 1. The standard InChI is InChI=1S/C17H14ClN5O4/c18-14(26)12-6-3-10(7-13(12)25)20-16-21-15(22-17(27)23-16)19-8-9-1-4-11(24)5-2-9/h1-7,24-25H,8H2,(H3,19,20,21,22,23,27). The molecule has 0 amide bonds. The molecule has 0 bridgehead atoms. The van der Waals surface area contributed by atoms with Gasteiger partial charge in [-0.3, -0.25) is 9.78 Å². The third kappa shape index (κ3) is 4.73. The first-order chi connectivity index (χ1) is 12.9. The second-order valence-corrected chi connectivity index (χ2v) is 5.82. The Morgan fingerprint density at radius 1 is 1.11 bits per heavy atom. The normalized spacial score (nSPS) is 10.4. The zero-order valence-corrected chi connectivity index (χ0v) is 14.5. The average molecular weight is 388 g/mol. The maximum Gasteiger partial charge on any atom is 0.351 e. The molecular weight excluding hydrogens is 374 g/mol. The molecule has 0 spiro atoms. The summed E-state index contributed by atoms with van der Waals surface area (Å²) in [6.45, 7) is 0.344. The lowest BCUT2D eigenvalue weighted by molar-refractivity contribution is 0.107. The van der Waals surface area contributed by atoms with Crippen molar-refractivity contribution >= 4 is 34.4 Å². The Morgan fingerprint density at radius 2 is 1.85 bits per heavy atom. The van der Waals surface area contributed by atoms with Crippen molar-refractivity contribution in [2.45, 2.75) is 6.54 Å². The van der Waals surface area contributed by atoms with E-state index in [1.165, 1.54) is 18.2 Å². The van der Waals surface area contributed by atoms with Crippen LogP contribution in [0, 0.1) is 0 Å². The van der Waals surface area contributed by atoms with Gasteiger partial charge in [0, 0.05) is 18.3 Å². The monoisotopic (exact) mass is 387 g/mol. The fourth-order valence-electron chi connectivity index (χ4n) is 2.23. The molecule has 5 N–H and O–H groups in total. The van der Waals surface area contributed by atoms with Crippen LogP contribution in [0.5, 0.6) is 11.5 Å². The van der Waals surface area contributed by atoms with E-state index in [0.29, 0.717) is 12.2 Å². The first-order valence-corrected chi connectivity index (χ1v) is 8.08. The third-order valence-corrected chi connectivity index (χ3v) is 3.71. The molecular formula is C17H14ClN5O4. The fraction of sp³-hybridized carbons (Fsp3) is 0.0588. The summed E-state index contributed by atoms with van der Waals surface area (Å²) < 4.78 is 0. The summed E-state index contributed by atoms with van der Waals surface area (Å²) in [5, 5.41) is 24.0. The predicted octanol–water partition coefficient (Wildman–Crippen LogP) is 2.31. The molecule has 0 saturated heterocycles. The number of benzene rings is 2. The molecule has 0 fully saturated rings. The molecule has 0 saturated carbocycles. The van der Waals surface area contributed by atoms with Crippen molar-refractivity contribution in [3.05, 3.63) is 64.1 Å². The minimum atomic E-state index is -0.782. The first-order valence-electron chi connectivity index (χ1n) is 7.71. The molecule has 0 atom stereocenters. The van der Waals surface area contributed by atoms with Gasteiger partial charge in [-0.15, -0.1) is 0 Å². The van der Waals surface area contributed by atoms with Crippen LogP contribution in [-0.4, -0.2) is 30.4 Å². The Bertz CT molecular complexity index is 1040. The third-order valence-electron chi connectivity index (χ3n) is 3.51. The number of hydrogen-bond acceptors (Lipinski definition) is 8. The van der Waals surface area contributed by atoms with Gasteiger partial charge in [-0.2, -0.15) is 9.97 Å². The van der Waals surface area contributed by atoms with Crippen molar-refractivity contribution in [3.63, 3.8) is 0 Å². The van der Waals surface area contributed by atoms with Gasteiger partial charge in [0.25, 0.3) is 5.24 Å². The number of nitrogens with one attached hydrogen (secondary N) is 3. The lowest BCUT2D eigenvalue weighted by Crippen LogP contribution is -2.17. The molecule has 1 heterocycles. The number of H-pyrrole nitrogens is 1. The molecule has 2 aromatic carbocycles. The van der Waals surface area contributed by atoms with E-state index in [1.807, 2.05) is 0 Å². The van der Waals surface area contributed by atoms with Gasteiger partial charge in [-0.25, -0.2) is 4.79 Å². The number of phenols is 2. The van der Waals surface area contributed by atoms with Gasteiger partial charge in [0.1, 0.15) is 11.5 Å². The van der Waals surface area contributed by atoms with Crippen LogP contribution in [0.4, 0.5) is 17.6 Å². The number of phenolic OH excluding ortho intramolecular Hbond substituents is 2. The summed E-state index contributed by atoms with van der Waals surface area (Å²) >= 11 is 5.35. The van der Waals surface area contributed by atoms with Crippen molar-refractivity contribution in [1.82, 2.24) is 15.0 Å². The van der Waals surface area contributed by atoms with Crippen LogP contribution < -0.4 is 16.3 Å². The second kappa shape index (κ2) is 7.75. The van der Waals surface area contributed by atoms with Gasteiger partial charge in [0.15, 0.2) is 0 Å². The number of carbonyl (C=O) groups is 1. The van der Waals surface area contributed by atoms with Crippen molar-refractivity contribution in [2.24, 2.45) is 0 Å². The molecule has 3 aromatic rings. The quantitative estimate of drug-likeness (QED) is 0.406. The lowest BCUT2D eigenvalue weighted by Gasteiger charge is -2.09. The molecule has 9 nitrogen and oxygen atoms in total. The summed E-state index contributed by atoms with van der Waals surface area (Å²) in [6, 6.07) is 10.7. The average Bonchev–Trinajstić information content (AvgIpc) is 2.60. The van der Waals surface area contributed by atoms with Gasteiger partial charge in [0.2, 0.25) is 11.9 Å². The highest BCUT2D eigenvalue weighted by molar-refractivity contribution is 6.68. The predicted molar refractivity (Wildman–Crippen MR) is 99.7 cm³/mol. The topological polar surface area (TPSA) is 140 Å².